The zero-order chi connectivity index (χ0) is 36.1. The van der Waals surface area contributed by atoms with Crippen molar-refractivity contribution in [2.45, 2.75) is 98.1 Å². The maximum Gasteiger partial charge on any atom is 0.136 e. The largest absolute Gasteiger partial charge is 0.368 e. The number of piperazine rings is 1. The Morgan fingerprint density at radius 3 is 2.42 bits per heavy atom. The summed E-state index contributed by atoms with van der Waals surface area (Å²) in [7, 11) is 2.07. The Labute approximate surface area is 311 Å². The second-order valence-electron chi connectivity index (χ2n) is 16.5. The summed E-state index contributed by atoms with van der Waals surface area (Å²) in [5.41, 5.74) is 14.1. The smallest absolute Gasteiger partial charge is 0.136 e. The minimum atomic E-state index is 0.328. The van der Waals surface area contributed by atoms with Gasteiger partial charge in [-0.2, -0.15) is 0 Å². The lowest BCUT2D eigenvalue weighted by molar-refractivity contribution is 0.120. The zero-order valence-corrected chi connectivity index (χ0v) is 32.3. The topological polar surface area (TPSA) is 55.7 Å². The molecule has 8 nitrogen and oxygen atoms in total. The molecule has 5 aliphatic rings. The van der Waals surface area contributed by atoms with E-state index in [0.29, 0.717) is 5.41 Å². The van der Waals surface area contributed by atoms with E-state index in [2.05, 4.69) is 101 Å². The van der Waals surface area contributed by atoms with Crippen LogP contribution < -0.4 is 15.1 Å². The first-order valence-corrected chi connectivity index (χ1v) is 19.9. The van der Waals surface area contributed by atoms with Gasteiger partial charge in [0.1, 0.15) is 11.6 Å². The van der Waals surface area contributed by atoms with E-state index in [1.165, 1.54) is 60.2 Å². The van der Waals surface area contributed by atoms with Gasteiger partial charge in [-0.1, -0.05) is 53.7 Å². The molecule has 3 aromatic rings. The van der Waals surface area contributed by atoms with E-state index in [9.17, 15) is 0 Å². The molecule has 1 N–H and O–H groups in total. The van der Waals surface area contributed by atoms with Gasteiger partial charge in [0.2, 0.25) is 0 Å². The van der Waals surface area contributed by atoms with Gasteiger partial charge in [0.05, 0.1) is 34.7 Å². The fourth-order valence-electron chi connectivity index (χ4n) is 9.30. The first-order chi connectivity index (χ1) is 25.2. The first kappa shape index (κ1) is 34.8. The Morgan fingerprint density at radius 1 is 0.923 bits per heavy atom. The van der Waals surface area contributed by atoms with Gasteiger partial charge < -0.3 is 24.6 Å². The van der Waals surface area contributed by atoms with Gasteiger partial charge in [-0.15, -0.1) is 0 Å². The van der Waals surface area contributed by atoms with Crippen LogP contribution in [0.4, 0.5) is 17.3 Å². The van der Waals surface area contributed by atoms with E-state index in [-0.39, 0.29) is 0 Å². The summed E-state index contributed by atoms with van der Waals surface area (Å²) < 4.78 is 2.62. The average molecular weight is 699 g/mol. The molecule has 6 heterocycles. The highest BCUT2D eigenvalue weighted by Crippen LogP contribution is 2.46. The number of hydrogen-bond acceptors (Lipinski definition) is 7. The fourth-order valence-corrected chi connectivity index (χ4v) is 9.30. The van der Waals surface area contributed by atoms with Gasteiger partial charge in [-0.05, 0) is 91.3 Å². The highest BCUT2D eigenvalue weighted by molar-refractivity contribution is 5.86. The van der Waals surface area contributed by atoms with Crippen LogP contribution in [-0.2, 0) is 32.2 Å². The number of unbranched alkanes of at least 4 members (excludes halogenated alkanes) is 1. The number of nitrogens with zero attached hydrogens (tertiary/aromatic N) is 7. The van der Waals surface area contributed by atoms with Crippen LogP contribution in [0.25, 0.3) is 11.3 Å². The molecule has 2 fully saturated rings. The number of likely N-dealkylation sites (N-methyl/N-ethyl adjacent to an activating group) is 1. The molecule has 8 heteroatoms. The molecule has 8 rings (SSSR count). The lowest BCUT2D eigenvalue weighted by Crippen LogP contribution is -2.52. The molecular weight excluding hydrogens is 641 g/mol. The molecular formula is C44H58N8. The minimum absolute atomic E-state index is 0.328. The van der Waals surface area contributed by atoms with E-state index < -0.39 is 0 Å². The molecule has 0 spiro atoms. The second kappa shape index (κ2) is 13.9. The quantitative estimate of drug-likeness (QED) is 0.229. The van der Waals surface area contributed by atoms with Crippen molar-refractivity contribution >= 4 is 28.6 Å². The molecule has 3 aliphatic heterocycles. The number of hydrogen-bond donors (Lipinski definition) is 1. The number of allylic oxidation sites excluding steroid dienone is 2. The summed E-state index contributed by atoms with van der Waals surface area (Å²) in [4.78, 5) is 19.6. The predicted molar refractivity (Wildman–Crippen MR) is 216 cm³/mol. The van der Waals surface area contributed by atoms with Crippen LogP contribution in [0.3, 0.4) is 0 Å². The van der Waals surface area contributed by atoms with Crippen LogP contribution in [0.5, 0.6) is 0 Å². The van der Waals surface area contributed by atoms with E-state index in [1.54, 1.807) is 11.3 Å². The SMILES string of the molecule is C=C1C(Nc2ccc(N3CCN(C4CCC4)CC3)cn2)=CC(c2ccnc(N3CCn4c5c(c(CCCC)c4C3=C)CC(C)(C)C5)c2CC)=CN1C. The maximum absolute atomic E-state index is 5.06. The Morgan fingerprint density at radius 2 is 1.73 bits per heavy atom. The van der Waals surface area contributed by atoms with Crippen molar-refractivity contribution in [2.75, 3.05) is 54.9 Å². The lowest BCUT2D eigenvalue weighted by Gasteiger charge is -2.43. The van der Waals surface area contributed by atoms with Crippen LogP contribution in [-0.4, -0.2) is 70.1 Å². The van der Waals surface area contributed by atoms with Crippen LogP contribution in [0.2, 0.25) is 0 Å². The summed E-state index contributed by atoms with van der Waals surface area (Å²) in [6, 6.07) is 7.30. The predicted octanol–water partition coefficient (Wildman–Crippen LogP) is 8.27. The van der Waals surface area contributed by atoms with Crippen molar-refractivity contribution in [3.8, 4) is 0 Å². The molecule has 2 aliphatic carbocycles. The fraction of sp³-hybridized carbons (Fsp3) is 0.500. The zero-order valence-electron chi connectivity index (χ0n) is 32.3. The number of anilines is 3. The third-order valence-electron chi connectivity index (χ3n) is 12.4. The van der Waals surface area contributed by atoms with E-state index in [1.807, 2.05) is 12.4 Å². The van der Waals surface area contributed by atoms with Crippen molar-refractivity contribution in [3.63, 3.8) is 0 Å². The Kier molecular flexibility index (Phi) is 9.31. The van der Waals surface area contributed by atoms with Crippen LogP contribution >= 0.6 is 0 Å². The summed E-state index contributed by atoms with van der Waals surface area (Å²) >= 11 is 0. The van der Waals surface area contributed by atoms with Crippen molar-refractivity contribution in [1.82, 2.24) is 24.3 Å². The third-order valence-corrected chi connectivity index (χ3v) is 12.4. The summed E-state index contributed by atoms with van der Waals surface area (Å²) in [5.74, 6) is 1.85. The van der Waals surface area contributed by atoms with Gasteiger partial charge in [0, 0.05) is 81.6 Å². The summed E-state index contributed by atoms with van der Waals surface area (Å²) in [6.45, 7) is 24.9. The number of fused-ring (bicyclic) bond motifs is 3. The van der Waals surface area contributed by atoms with Crippen molar-refractivity contribution in [1.29, 1.82) is 0 Å². The van der Waals surface area contributed by atoms with Crippen LogP contribution in [0.15, 0.2) is 67.4 Å². The monoisotopic (exact) mass is 698 g/mol. The number of pyridine rings is 2. The molecule has 1 saturated carbocycles. The minimum Gasteiger partial charge on any atom is -0.368 e. The average Bonchev–Trinajstić information content (AvgIpc) is 3.59. The van der Waals surface area contributed by atoms with Gasteiger partial charge in [0.25, 0.3) is 0 Å². The van der Waals surface area contributed by atoms with Crippen molar-refractivity contribution in [2.24, 2.45) is 5.41 Å². The molecule has 0 radical (unpaired) electrons. The van der Waals surface area contributed by atoms with E-state index in [0.717, 1.165) is 105 Å². The van der Waals surface area contributed by atoms with Crippen LogP contribution in [0, 0.1) is 5.41 Å². The second-order valence-corrected chi connectivity index (χ2v) is 16.5. The molecule has 0 amide bonds. The summed E-state index contributed by atoms with van der Waals surface area (Å²) in [6.07, 6.45) is 19.3. The molecule has 0 bridgehead atoms. The van der Waals surface area contributed by atoms with Gasteiger partial charge in [-0.25, -0.2) is 9.97 Å². The maximum atomic E-state index is 5.06. The standard InChI is InChI=1S/C44H58N8/c1-8-10-14-37-38-26-44(5,6)27-40(38)52-24-23-51(31(4)42(37)52)43-35(9-2)36(17-18-45-43)32-25-39(30(3)48(7)29-32)47-41-16-15-34(28-46-41)50-21-19-49(20-22-50)33-12-11-13-33/h15-18,25,28-29,33H,3-4,8-14,19-24,26-27H2,1-2,5-7H3,(H,46,47). The molecule has 1 saturated heterocycles. The van der Waals surface area contributed by atoms with Gasteiger partial charge in [0.15, 0.2) is 0 Å². The van der Waals surface area contributed by atoms with Gasteiger partial charge in [-0.3, -0.25) is 4.90 Å². The summed E-state index contributed by atoms with van der Waals surface area (Å²) in [5, 5.41) is 3.61. The molecule has 52 heavy (non-hydrogen) atoms. The molecule has 0 unspecified atom stereocenters. The Bertz CT molecular complexity index is 1920. The highest BCUT2D eigenvalue weighted by Gasteiger charge is 2.39. The molecule has 0 aromatic carbocycles. The molecule has 0 atom stereocenters. The van der Waals surface area contributed by atoms with E-state index >= 15 is 0 Å². The van der Waals surface area contributed by atoms with E-state index in [4.69, 9.17) is 16.5 Å². The number of nitrogens with one attached hydrogen (secondary N) is 1. The highest BCUT2D eigenvalue weighted by atomic mass is 15.3. The Balaban J connectivity index is 1.03. The number of aromatic nitrogens is 3. The van der Waals surface area contributed by atoms with Crippen molar-refractivity contribution < 1.29 is 0 Å². The molecule has 3 aromatic heterocycles. The van der Waals surface area contributed by atoms with Crippen LogP contribution in [0.1, 0.15) is 93.4 Å². The van der Waals surface area contributed by atoms with Crippen molar-refractivity contribution in [3.05, 3.63) is 101 Å². The lowest BCUT2D eigenvalue weighted by atomic mass is 9.88. The molecule has 274 valence electrons. The Hall–Kier alpha value is -4.30. The number of rotatable bonds is 10. The normalized spacial score (nSPS) is 20.4. The van der Waals surface area contributed by atoms with Gasteiger partial charge >= 0.3 is 0 Å². The third kappa shape index (κ3) is 6.27. The first-order valence-electron chi connectivity index (χ1n) is 19.9.